The van der Waals surface area contributed by atoms with E-state index in [0.29, 0.717) is 12.1 Å². The molecular weight excluding hydrogens is 292 g/mol. The lowest BCUT2D eigenvalue weighted by Gasteiger charge is -2.12. The lowest BCUT2D eigenvalue weighted by Crippen LogP contribution is -2.33. The summed E-state index contributed by atoms with van der Waals surface area (Å²) in [5.41, 5.74) is 1.25. The maximum Gasteiger partial charge on any atom is 0.246 e. The van der Waals surface area contributed by atoms with Gasteiger partial charge >= 0.3 is 0 Å². The highest BCUT2D eigenvalue weighted by atomic mass is 32.2. The molecule has 0 fully saturated rings. The quantitative estimate of drug-likeness (QED) is 0.835. The number of aliphatic hydroxyl groups is 1. The van der Waals surface area contributed by atoms with Crippen LogP contribution >= 0.6 is 0 Å². The molecule has 2 rings (SSSR count). The summed E-state index contributed by atoms with van der Waals surface area (Å²) in [5.74, 6) is 0.234. The van der Waals surface area contributed by atoms with E-state index in [-0.39, 0.29) is 17.2 Å². The molecular formula is C14H18N2O4S. The highest BCUT2D eigenvalue weighted by Gasteiger charge is 2.24. The fourth-order valence-corrected chi connectivity index (χ4v) is 3.49. The van der Waals surface area contributed by atoms with Crippen molar-refractivity contribution in [2.45, 2.75) is 31.3 Å². The average molecular weight is 310 g/mol. The smallest absolute Gasteiger partial charge is 0.246 e. The van der Waals surface area contributed by atoms with E-state index in [0.717, 1.165) is 5.56 Å². The molecule has 6 nitrogen and oxygen atoms in total. The Bertz CT molecular complexity index is 676. The van der Waals surface area contributed by atoms with Crippen LogP contribution in [0.25, 0.3) is 0 Å². The third-order valence-corrected chi connectivity index (χ3v) is 4.73. The molecule has 0 spiro atoms. The Labute approximate surface area is 123 Å². The predicted octanol–water partition coefficient (Wildman–Crippen LogP) is 1.17. The molecule has 114 valence electrons. The van der Waals surface area contributed by atoms with E-state index in [1.165, 1.54) is 6.92 Å². The van der Waals surface area contributed by atoms with Crippen LogP contribution in [0, 0.1) is 13.8 Å². The van der Waals surface area contributed by atoms with Gasteiger partial charge in [-0.2, -0.15) is 0 Å². The van der Waals surface area contributed by atoms with Crippen LogP contribution in [0.5, 0.6) is 0 Å². The van der Waals surface area contributed by atoms with Gasteiger partial charge in [0.05, 0.1) is 6.10 Å². The minimum absolute atomic E-state index is 0.0365. The summed E-state index contributed by atoms with van der Waals surface area (Å²) in [4.78, 5) is 0.0365. The van der Waals surface area contributed by atoms with E-state index < -0.39 is 16.1 Å². The van der Waals surface area contributed by atoms with Gasteiger partial charge < -0.3 is 9.63 Å². The first kappa shape index (κ1) is 15.7. The van der Waals surface area contributed by atoms with Crippen LogP contribution in [-0.4, -0.2) is 31.3 Å². The monoisotopic (exact) mass is 310 g/mol. The number of aromatic nitrogens is 1. The number of hydrogen-bond donors (Lipinski definition) is 2. The third kappa shape index (κ3) is 3.90. The average Bonchev–Trinajstić information content (AvgIpc) is 2.78. The van der Waals surface area contributed by atoms with Gasteiger partial charge in [-0.05, 0) is 25.8 Å². The number of nitrogens with zero attached hydrogens (tertiary/aromatic N) is 1. The molecule has 0 saturated carbocycles. The molecule has 2 aromatic rings. The molecule has 0 aliphatic rings. The summed E-state index contributed by atoms with van der Waals surface area (Å²) in [5, 5.41) is 13.6. The second-order valence-electron chi connectivity index (χ2n) is 4.85. The van der Waals surface area contributed by atoms with E-state index in [1.807, 2.05) is 30.3 Å². The van der Waals surface area contributed by atoms with Gasteiger partial charge in [0.25, 0.3) is 0 Å². The maximum absolute atomic E-state index is 12.2. The molecule has 1 aromatic heterocycles. The summed E-state index contributed by atoms with van der Waals surface area (Å²) in [7, 11) is -3.73. The van der Waals surface area contributed by atoms with Gasteiger partial charge in [-0.1, -0.05) is 35.5 Å². The summed E-state index contributed by atoms with van der Waals surface area (Å²) < 4.78 is 31.6. The lowest BCUT2D eigenvalue weighted by atomic mass is 10.1. The molecule has 1 unspecified atom stereocenters. The maximum atomic E-state index is 12.2. The molecule has 2 N–H and O–H groups in total. The topological polar surface area (TPSA) is 92.4 Å². The molecule has 1 heterocycles. The van der Waals surface area contributed by atoms with E-state index in [9.17, 15) is 13.5 Å². The Morgan fingerprint density at radius 1 is 1.29 bits per heavy atom. The number of benzene rings is 1. The number of nitrogens with one attached hydrogen (secondary N) is 1. The van der Waals surface area contributed by atoms with Crippen LogP contribution in [-0.2, 0) is 16.4 Å². The van der Waals surface area contributed by atoms with Crippen molar-refractivity contribution >= 4 is 10.0 Å². The molecule has 0 amide bonds. The van der Waals surface area contributed by atoms with Crippen LogP contribution in [0.15, 0.2) is 39.8 Å². The number of rotatable bonds is 6. The van der Waals surface area contributed by atoms with Gasteiger partial charge in [-0.25, -0.2) is 13.1 Å². The van der Waals surface area contributed by atoms with Gasteiger partial charge in [0, 0.05) is 6.54 Å². The molecule has 0 aliphatic heterocycles. The van der Waals surface area contributed by atoms with Crippen LogP contribution in [0.1, 0.15) is 17.0 Å². The second-order valence-corrected chi connectivity index (χ2v) is 6.55. The van der Waals surface area contributed by atoms with Crippen molar-refractivity contribution in [1.82, 2.24) is 9.88 Å². The highest BCUT2D eigenvalue weighted by Crippen LogP contribution is 2.18. The van der Waals surface area contributed by atoms with Crippen molar-refractivity contribution in [2.75, 3.05) is 6.54 Å². The van der Waals surface area contributed by atoms with E-state index >= 15 is 0 Å². The summed E-state index contributed by atoms with van der Waals surface area (Å²) >= 11 is 0. The Hall–Kier alpha value is -1.70. The van der Waals surface area contributed by atoms with Crippen LogP contribution in [0.4, 0.5) is 0 Å². The Morgan fingerprint density at radius 2 is 1.95 bits per heavy atom. The Kier molecular flexibility index (Phi) is 4.76. The van der Waals surface area contributed by atoms with E-state index in [1.54, 1.807) is 6.92 Å². The molecule has 0 bridgehead atoms. The highest BCUT2D eigenvalue weighted by molar-refractivity contribution is 7.89. The van der Waals surface area contributed by atoms with Crippen molar-refractivity contribution in [3.63, 3.8) is 0 Å². The predicted molar refractivity (Wildman–Crippen MR) is 77.3 cm³/mol. The first-order valence-electron chi connectivity index (χ1n) is 6.54. The van der Waals surface area contributed by atoms with E-state index in [4.69, 9.17) is 4.52 Å². The Morgan fingerprint density at radius 3 is 2.52 bits per heavy atom. The molecule has 21 heavy (non-hydrogen) atoms. The SMILES string of the molecule is Cc1noc(C)c1S(=O)(=O)NCC(O)Cc1ccccc1. The molecule has 0 aliphatic carbocycles. The van der Waals surface area contributed by atoms with Crippen LogP contribution < -0.4 is 4.72 Å². The van der Waals surface area contributed by atoms with Crippen molar-refractivity contribution in [3.05, 3.63) is 47.3 Å². The molecule has 1 aromatic carbocycles. The van der Waals surface area contributed by atoms with Crippen molar-refractivity contribution in [1.29, 1.82) is 0 Å². The third-order valence-electron chi connectivity index (χ3n) is 3.06. The zero-order chi connectivity index (χ0) is 15.5. The van der Waals surface area contributed by atoms with Gasteiger partial charge in [0.1, 0.15) is 10.6 Å². The van der Waals surface area contributed by atoms with Gasteiger partial charge in [-0.3, -0.25) is 0 Å². The zero-order valence-corrected chi connectivity index (χ0v) is 12.7. The summed E-state index contributed by atoms with van der Waals surface area (Å²) in [6.45, 7) is 3.03. The molecule has 7 heteroatoms. The lowest BCUT2D eigenvalue weighted by molar-refractivity contribution is 0.179. The zero-order valence-electron chi connectivity index (χ0n) is 11.9. The first-order valence-corrected chi connectivity index (χ1v) is 8.03. The summed E-state index contributed by atoms with van der Waals surface area (Å²) in [6.07, 6.45) is -0.423. The van der Waals surface area contributed by atoms with Gasteiger partial charge in [0.2, 0.25) is 10.0 Å². The fraction of sp³-hybridized carbons (Fsp3) is 0.357. The molecule has 0 saturated heterocycles. The van der Waals surface area contributed by atoms with E-state index in [2.05, 4.69) is 9.88 Å². The number of aryl methyl sites for hydroxylation is 2. The fourth-order valence-electron chi connectivity index (χ4n) is 2.09. The second kappa shape index (κ2) is 6.38. The van der Waals surface area contributed by atoms with Crippen LogP contribution in [0.2, 0.25) is 0 Å². The van der Waals surface area contributed by atoms with Crippen LogP contribution in [0.3, 0.4) is 0 Å². The standard InChI is InChI=1S/C14H18N2O4S/c1-10-14(11(2)20-16-10)21(18,19)15-9-13(17)8-12-6-4-3-5-7-12/h3-7,13,15,17H,8-9H2,1-2H3. The van der Waals surface area contributed by atoms with Gasteiger partial charge in [0.15, 0.2) is 5.76 Å². The largest absolute Gasteiger partial charge is 0.391 e. The minimum atomic E-state index is -3.73. The Balaban J connectivity index is 1.99. The van der Waals surface area contributed by atoms with Gasteiger partial charge in [-0.15, -0.1) is 0 Å². The minimum Gasteiger partial charge on any atom is -0.391 e. The normalized spacial score (nSPS) is 13.3. The number of hydrogen-bond acceptors (Lipinski definition) is 5. The molecule has 1 atom stereocenters. The molecule has 0 radical (unpaired) electrons. The first-order chi connectivity index (χ1) is 9.90. The number of sulfonamides is 1. The number of aliphatic hydroxyl groups excluding tert-OH is 1. The van der Waals surface area contributed by atoms with Crippen molar-refractivity contribution in [3.8, 4) is 0 Å². The summed E-state index contributed by atoms with van der Waals surface area (Å²) in [6, 6.07) is 9.39. The van der Waals surface area contributed by atoms with Crippen molar-refractivity contribution < 1.29 is 18.0 Å². The van der Waals surface area contributed by atoms with Crippen molar-refractivity contribution in [2.24, 2.45) is 0 Å².